The molecule has 2 aromatic carbocycles. The van der Waals surface area contributed by atoms with Gasteiger partial charge in [0, 0.05) is 18.0 Å². The topological polar surface area (TPSA) is 71.5 Å². The molecule has 0 N–H and O–H groups in total. The molecule has 0 spiro atoms. The summed E-state index contributed by atoms with van der Waals surface area (Å²) in [6.45, 7) is 1.94. The standard InChI is InChI=1S/C19H17NO4S/c1-13-7-9-16(10-8-13)25(23,24)20-12-15-11-19(15,18(20)22)17(21)14-5-3-2-4-6-14/h2-10,15H,11-12H2,1H3. The van der Waals surface area contributed by atoms with Crippen molar-refractivity contribution in [1.29, 1.82) is 0 Å². The Kier molecular flexibility index (Phi) is 3.37. The van der Waals surface area contributed by atoms with E-state index in [1.165, 1.54) is 12.1 Å². The van der Waals surface area contributed by atoms with Crippen LogP contribution in [0.15, 0.2) is 59.5 Å². The van der Waals surface area contributed by atoms with Crippen LogP contribution in [0.1, 0.15) is 22.3 Å². The van der Waals surface area contributed by atoms with Crippen LogP contribution in [-0.2, 0) is 14.8 Å². The molecule has 25 heavy (non-hydrogen) atoms. The van der Waals surface area contributed by atoms with Gasteiger partial charge in [0.2, 0.25) is 0 Å². The molecule has 2 aromatic rings. The van der Waals surface area contributed by atoms with E-state index in [4.69, 9.17) is 0 Å². The number of ketones is 1. The number of fused-ring (bicyclic) bond motifs is 1. The van der Waals surface area contributed by atoms with Gasteiger partial charge in [-0.15, -0.1) is 0 Å². The maximum absolute atomic E-state index is 12.9. The minimum Gasteiger partial charge on any atom is -0.293 e. The fourth-order valence-corrected chi connectivity index (χ4v) is 5.08. The van der Waals surface area contributed by atoms with Crippen LogP contribution in [0, 0.1) is 18.3 Å². The first-order valence-corrected chi connectivity index (χ1v) is 9.55. The van der Waals surface area contributed by atoms with Crippen molar-refractivity contribution >= 4 is 21.7 Å². The molecule has 2 unspecified atom stereocenters. The second-order valence-electron chi connectivity index (χ2n) is 6.72. The molecular formula is C19H17NO4S. The molecule has 2 fully saturated rings. The molecule has 2 atom stereocenters. The van der Waals surface area contributed by atoms with Gasteiger partial charge in [-0.3, -0.25) is 9.59 Å². The number of hydrogen-bond donors (Lipinski definition) is 0. The molecule has 6 heteroatoms. The summed E-state index contributed by atoms with van der Waals surface area (Å²) in [7, 11) is -3.93. The van der Waals surface area contributed by atoms with Gasteiger partial charge in [-0.1, -0.05) is 48.0 Å². The number of amides is 1. The predicted octanol–water partition coefficient (Wildman–Crippen LogP) is 2.42. The van der Waals surface area contributed by atoms with E-state index in [9.17, 15) is 18.0 Å². The van der Waals surface area contributed by atoms with Crippen molar-refractivity contribution < 1.29 is 18.0 Å². The lowest BCUT2D eigenvalue weighted by molar-refractivity contribution is -0.127. The van der Waals surface area contributed by atoms with Gasteiger partial charge in [0.05, 0.1) is 4.90 Å². The van der Waals surface area contributed by atoms with Gasteiger partial charge in [-0.25, -0.2) is 12.7 Å². The van der Waals surface area contributed by atoms with E-state index in [1.807, 2.05) is 6.92 Å². The average Bonchev–Trinajstić information content (AvgIpc) is 3.27. The lowest BCUT2D eigenvalue weighted by atomic mass is 9.93. The summed E-state index contributed by atoms with van der Waals surface area (Å²) in [5.74, 6) is -1.09. The molecule has 0 bridgehead atoms. The van der Waals surface area contributed by atoms with Crippen LogP contribution in [0.25, 0.3) is 0 Å². The molecule has 1 aliphatic heterocycles. The maximum Gasteiger partial charge on any atom is 0.266 e. The summed E-state index contributed by atoms with van der Waals surface area (Å²) < 4.78 is 26.5. The van der Waals surface area contributed by atoms with Gasteiger partial charge in [0.25, 0.3) is 15.9 Å². The molecule has 0 aromatic heterocycles. The third-order valence-electron chi connectivity index (χ3n) is 5.15. The van der Waals surface area contributed by atoms with Crippen LogP contribution in [0.2, 0.25) is 0 Å². The number of nitrogens with zero attached hydrogens (tertiary/aromatic N) is 1. The smallest absolute Gasteiger partial charge is 0.266 e. The molecule has 1 heterocycles. The number of carbonyl (C=O) groups is 2. The number of benzene rings is 2. The van der Waals surface area contributed by atoms with Crippen molar-refractivity contribution in [2.24, 2.45) is 11.3 Å². The molecule has 2 aliphatic rings. The fraction of sp³-hybridized carbons (Fsp3) is 0.263. The second-order valence-corrected chi connectivity index (χ2v) is 8.58. The van der Waals surface area contributed by atoms with Crippen LogP contribution in [0.3, 0.4) is 0 Å². The van der Waals surface area contributed by atoms with Crippen molar-refractivity contribution in [3.63, 3.8) is 0 Å². The van der Waals surface area contributed by atoms with Crippen molar-refractivity contribution in [1.82, 2.24) is 4.31 Å². The minimum absolute atomic E-state index is 0.0770. The Balaban J connectivity index is 1.67. The van der Waals surface area contributed by atoms with Gasteiger partial charge in [0.15, 0.2) is 5.78 Å². The molecule has 1 amide bonds. The van der Waals surface area contributed by atoms with Crippen LogP contribution >= 0.6 is 0 Å². The highest BCUT2D eigenvalue weighted by molar-refractivity contribution is 7.89. The molecule has 1 saturated carbocycles. The fourth-order valence-electron chi connectivity index (χ4n) is 3.58. The van der Waals surface area contributed by atoms with Crippen molar-refractivity contribution in [3.05, 3.63) is 65.7 Å². The monoisotopic (exact) mass is 355 g/mol. The molecular weight excluding hydrogens is 338 g/mol. The molecule has 4 rings (SSSR count). The molecule has 1 saturated heterocycles. The third kappa shape index (κ3) is 2.24. The van der Waals surface area contributed by atoms with E-state index in [1.54, 1.807) is 42.5 Å². The van der Waals surface area contributed by atoms with E-state index >= 15 is 0 Å². The van der Waals surface area contributed by atoms with Crippen molar-refractivity contribution in [2.45, 2.75) is 18.2 Å². The first-order chi connectivity index (χ1) is 11.9. The SMILES string of the molecule is Cc1ccc(S(=O)(=O)N2CC3CC3(C(=O)c3ccccc3)C2=O)cc1. The number of piperidine rings is 1. The predicted molar refractivity (Wildman–Crippen MR) is 91.4 cm³/mol. The molecule has 1 aliphatic carbocycles. The number of hydrogen-bond acceptors (Lipinski definition) is 4. The Labute approximate surface area is 146 Å². The molecule has 5 nitrogen and oxygen atoms in total. The summed E-state index contributed by atoms with van der Waals surface area (Å²) in [4.78, 5) is 25.8. The van der Waals surface area contributed by atoms with Crippen molar-refractivity contribution in [3.8, 4) is 0 Å². The quantitative estimate of drug-likeness (QED) is 0.624. The zero-order valence-electron chi connectivity index (χ0n) is 13.7. The Morgan fingerprint density at radius 2 is 1.72 bits per heavy atom. The lowest BCUT2D eigenvalue weighted by Crippen LogP contribution is -2.39. The van der Waals surface area contributed by atoms with Gasteiger partial charge < -0.3 is 0 Å². The van der Waals surface area contributed by atoms with E-state index in [0.717, 1.165) is 9.87 Å². The van der Waals surface area contributed by atoms with E-state index in [0.29, 0.717) is 12.0 Å². The van der Waals surface area contributed by atoms with Crippen molar-refractivity contribution in [2.75, 3.05) is 6.54 Å². The van der Waals surface area contributed by atoms with E-state index in [2.05, 4.69) is 0 Å². The number of sulfonamides is 1. The van der Waals surface area contributed by atoms with Gasteiger partial charge >= 0.3 is 0 Å². The minimum atomic E-state index is -3.93. The van der Waals surface area contributed by atoms with Gasteiger partial charge in [-0.2, -0.15) is 0 Å². The number of Topliss-reactive ketones (excluding diaryl/α,β-unsaturated/α-hetero) is 1. The number of rotatable bonds is 4. The number of aryl methyl sites for hydroxylation is 1. The normalized spacial score (nSPS) is 24.9. The summed E-state index contributed by atoms with van der Waals surface area (Å²) in [6, 6.07) is 15.0. The Bertz CT molecular complexity index is 966. The first-order valence-electron chi connectivity index (χ1n) is 8.11. The summed E-state index contributed by atoms with van der Waals surface area (Å²) >= 11 is 0. The largest absolute Gasteiger partial charge is 0.293 e. The van der Waals surface area contributed by atoms with Crippen LogP contribution in [0.5, 0.6) is 0 Å². The zero-order chi connectivity index (χ0) is 17.8. The van der Waals surface area contributed by atoms with E-state index < -0.39 is 21.3 Å². The van der Waals surface area contributed by atoms with Crippen LogP contribution < -0.4 is 0 Å². The zero-order valence-corrected chi connectivity index (χ0v) is 14.5. The molecule has 0 radical (unpaired) electrons. The number of carbonyl (C=O) groups excluding carboxylic acids is 2. The Morgan fingerprint density at radius 1 is 1.08 bits per heavy atom. The summed E-state index contributed by atoms with van der Waals surface area (Å²) in [5, 5.41) is 0. The third-order valence-corrected chi connectivity index (χ3v) is 6.91. The summed E-state index contributed by atoms with van der Waals surface area (Å²) in [6.07, 6.45) is 0.430. The molecule has 128 valence electrons. The highest BCUT2D eigenvalue weighted by atomic mass is 32.2. The highest BCUT2D eigenvalue weighted by Crippen LogP contribution is 2.61. The summed E-state index contributed by atoms with van der Waals surface area (Å²) in [5.41, 5.74) is 0.192. The van der Waals surface area contributed by atoms with Gasteiger partial charge in [-0.05, 0) is 25.5 Å². The highest BCUT2D eigenvalue weighted by Gasteiger charge is 2.72. The van der Waals surface area contributed by atoms with Gasteiger partial charge in [0.1, 0.15) is 5.41 Å². The Hall–Kier alpha value is -2.47. The first kappa shape index (κ1) is 16.0. The van der Waals surface area contributed by atoms with Crippen LogP contribution in [0.4, 0.5) is 0 Å². The second kappa shape index (κ2) is 5.26. The average molecular weight is 355 g/mol. The van der Waals surface area contributed by atoms with E-state index in [-0.39, 0.29) is 23.1 Å². The maximum atomic E-state index is 12.9. The lowest BCUT2D eigenvalue weighted by Gasteiger charge is -2.20. The Morgan fingerprint density at radius 3 is 2.36 bits per heavy atom. The van der Waals surface area contributed by atoms with Crippen LogP contribution in [-0.4, -0.2) is 31.0 Å².